The second-order valence-corrected chi connectivity index (χ2v) is 2.58. The number of nitrogens with two attached hydrogens (primary N) is 1. The van der Waals surface area contributed by atoms with Crippen LogP contribution in [0, 0.1) is 0 Å². The normalized spacial score (nSPS) is 10.5. The molecule has 2 aromatic heterocycles. The van der Waals surface area contributed by atoms with Crippen LogP contribution in [0.15, 0.2) is 24.4 Å². The molecule has 0 aliphatic rings. The van der Waals surface area contributed by atoms with E-state index in [1.165, 1.54) is 4.40 Å². The molecule has 0 fully saturated rings. The summed E-state index contributed by atoms with van der Waals surface area (Å²) in [7, 11) is 0. The standard InChI is InChI=1S/C8H7N3O2/c9-7(12)6-8(13)11-4-2-1-3-5(11)10-6/h1-4,13H,(H2,9,12). The highest BCUT2D eigenvalue weighted by molar-refractivity contribution is 5.94. The van der Waals surface area contributed by atoms with Crippen molar-refractivity contribution in [2.45, 2.75) is 0 Å². The summed E-state index contributed by atoms with van der Waals surface area (Å²) < 4.78 is 1.39. The molecule has 0 aliphatic carbocycles. The Hall–Kier alpha value is -2.04. The van der Waals surface area contributed by atoms with E-state index in [0.29, 0.717) is 5.65 Å². The second kappa shape index (κ2) is 2.48. The molecule has 13 heavy (non-hydrogen) atoms. The Morgan fingerprint density at radius 1 is 1.54 bits per heavy atom. The molecule has 5 heteroatoms. The first-order valence-corrected chi connectivity index (χ1v) is 3.66. The summed E-state index contributed by atoms with van der Waals surface area (Å²) >= 11 is 0. The Bertz CT molecular complexity index is 475. The molecule has 0 saturated carbocycles. The number of amides is 1. The van der Waals surface area contributed by atoms with Crippen molar-refractivity contribution in [3.05, 3.63) is 30.1 Å². The summed E-state index contributed by atoms with van der Waals surface area (Å²) in [5.41, 5.74) is 5.39. The Balaban J connectivity index is 2.81. The lowest BCUT2D eigenvalue weighted by molar-refractivity contribution is 0.0993. The summed E-state index contributed by atoms with van der Waals surface area (Å²) in [6.07, 6.45) is 1.60. The molecule has 0 radical (unpaired) electrons. The van der Waals surface area contributed by atoms with Gasteiger partial charge < -0.3 is 10.8 Å². The van der Waals surface area contributed by atoms with Gasteiger partial charge in [-0.25, -0.2) is 4.98 Å². The molecule has 0 spiro atoms. The van der Waals surface area contributed by atoms with E-state index in [1.807, 2.05) is 0 Å². The van der Waals surface area contributed by atoms with Crippen LogP contribution in [-0.2, 0) is 0 Å². The van der Waals surface area contributed by atoms with Crippen molar-refractivity contribution in [3.8, 4) is 5.88 Å². The highest BCUT2D eigenvalue weighted by Gasteiger charge is 2.14. The van der Waals surface area contributed by atoms with Crippen molar-refractivity contribution in [1.29, 1.82) is 0 Å². The van der Waals surface area contributed by atoms with Gasteiger partial charge in [0.1, 0.15) is 5.65 Å². The molecule has 0 bridgehead atoms. The van der Waals surface area contributed by atoms with Crippen LogP contribution in [0.4, 0.5) is 0 Å². The number of carbonyl (C=O) groups is 1. The van der Waals surface area contributed by atoms with E-state index < -0.39 is 5.91 Å². The third kappa shape index (κ3) is 1.01. The third-order valence-corrected chi connectivity index (χ3v) is 1.74. The van der Waals surface area contributed by atoms with Gasteiger partial charge in [-0.05, 0) is 12.1 Å². The van der Waals surface area contributed by atoms with Gasteiger partial charge >= 0.3 is 0 Å². The lowest BCUT2D eigenvalue weighted by Gasteiger charge is -1.92. The van der Waals surface area contributed by atoms with Crippen molar-refractivity contribution in [1.82, 2.24) is 9.38 Å². The SMILES string of the molecule is NC(=O)c1nc2ccccn2c1O. The number of aromatic nitrogens is 2. The molecule has 0 aromatic carbocycles. The molecule has 0 aliphatic heterocycles. The molecule has 5 nitrogen and oxygen atoms in total. The minimum absolute atomic E-state index is 0.105. The summed E-state index contributed by atoms with van der Waals surface area (Å²) in [5.74, 6) is -0.954. The molecule has 2 heterocycles. The van der Waals surface area contributed by atoms with E-state index in [-0.39, 0.29) is 11.6 Å². The van der Waals surface area contributed by atoms with Crippen LogP contribution in [0.2, 0.25) is 0 Å². The van der Waals surface area contributed by atoms with Crippen molar-refractivity contribution in [3.63, 3.8) is 0 Å². The summed E-state index contributed by atoms with van der Waals surface area (Å²) in [5, 5.41) is 9.46. The van der Waals surface area contributed by atoms with Crippen LogP contribution in [0.1, 0.15) is 10.5 Å². The van der Waals surface area contributed by atoms with E-state index in [1.54, 1.807) is 24.4 Å². The van der Waals surface area contributed by atoms with Gasteiger partial charge in [0.05, 0.1) is 0 Å². The Kier molecular flexibility index (Phi) is 1.45. The number of imidazole rings is 1. The lowest BCUT2D eigenvalue weighted by Crippen LogP contribution is -2.11. The van der Waals surface area contributed by atoms with Crippen LogP contribution in [-0.4, -0.2) is 20.4 Å². The molecule has 0 unspecified atom stereocenters. The molecule has 3 N–H and O–H groups in total. The zero-order valence-corrected chi connectivity index (χ0v) is 6.64. The molecule has 0 saturated heterocycles. The maximum Gasteiger partial charge on any atom is 0.272 e. The number of fused-ring (bicyclic) bond motifs is 1. The first-order valence-electron chi connectivity index (χ1n) is 3.66. The third-order valence-electron chi connectivity index (χ3n) is 1.74. The maximum atomic E-state index is 10.8. The zero-order chi connectivity index (χ0) is 9.42. The van der Waals surface area contributed by atoms with Crippen molar-refractivity contribution in [2.75, 3.05) is 0 Å². The van der Waals surface area contributed by atoms with Crippen LogP contribution < -0.4 is 5.73 Å². The largest absolute Gasteiger partial charge is 0.492 e. The Morgan fingerprint density at radius 2 is 2.31 bits per heavy atom. The topological polar surface area (TPSA) is 80.6 Å². The van der Waals surface area contributed by atoms with Crippen molar-refractivity contribution in [2.24, 2.45) is 5.73 Å². The van der Waals surface area contributed by atoms with E-state index in [9.17, 15) is 9.90 Å². The smallest absolute Gasteiger partial charge is 0.272 e. The fraction of sp³-hybridized carbons (Fsp3) is 0. The van der Waals surface area contributed by atoms with Gasteiger partial charge in [-0.15, -0.1) is 0 Å². The van der Waals surface area contributed by atoms with E-state index in [0.717, 1.165) is 0 Å². The number of hydrogen-bond donors (Lipinski definition) is 2. The number of nitrogens with zero attached hydrogens (tertiary/aromatic N) is 2. The number of pyridine rings is 1. The van der Waals surface area contributed by atoms with Gasteiger partial charge in [-0.3, -0.25) is 9.20 Å². The molecule has 0 atom stereocenters. The van der Waals surface area contributed by atoms with Gasteiger partial charge in [0, 0.05) is 6.20 Å². The van der Waals surface area contributed by atoms with Crippen LogP contribution in [0.5, 0.6) is 5.88 Å². The van der Waals surface area contributed by atoms with Gasteiger partial charge in [-0.1, -0.05) is 6.07 Å². The van der Waals surface area contributed by atoms with Gasteiger partial charge in [-0.2, -0.15) is 0 Å². The fourth-order valence-corrected chi connectivity index (χ4v) is 1.15. The van der Waals surface area contributed by atoms with Gasteiger partial charge in [0.15, 0.2) is 5.69 Å². The van der Waals surface area contributed by atoms with Crippen LogP contribution >= 0.6 is 0 Å². The van der Waals surface area contributed by atoms with E-state index in [2.05, 4.69) is 4.98 Å². The van der Waals surface area contributed by atoms with Gasteiger partial charge in [0.25, 0.3) is 5.91 Å². The summed E-state index contributed by atoms with van der Waals surface area (Å²) in [4.78, 5) is 14.6. The van der Waals surface area contributed by atoms with Crippen LogP contribution in [0.3, 0.4) is 0 Å². The Labute approximate surface area is 73.4 Å². The molecule has 2 aromatic rings. The maximum absolute atomic E-state index is 10.8. The molecular weight excluding hydrogens is 170 g/mol. The zero-order valence-electron chi connectivity index (χ0n) is 6.64. The number of carbonyl (C=O) groups excluding carboxylic acids is 1. The van der Waals surface area contributed by atoms with Gasteiger partial charge in [0.2, 0.25) is 5.88 Å². The first kappa shape index (κ1) is 7.60. The monoisotopic (exact) mass is 177 g/mol. The summed E-state index contributed by atoms with van der Waals surface area (Å²) in [6, 6.07) is 5.15. The highest BCUT2D eigenvalue weighted by atomic mass is 16.3. The van der Waals surface area contributed by atoms with Crippen molar-refractivity contribution < 1.29 is 9.90 Å². The fourth-order valence-electron chi connectivity index (χ4n) is 1.15. The Morgan fingerprint density at radius 3 is 2.92 bits per heavy atom. The number of aromatic hydroxyl groups is 1. The predicted octanol–water partition coefficient (Wildman–Crippen LogP) is 0.139. The molecule has 2 rings (SSSR count). The molecule has 66 valence electrons. The molecular formula is C8H7N3O2. The van der Waals surface area contributed by atoms with Crippen molar-refractivity contribution >= 4 is 11.6 Å². The summed E-state index contributed by atoms with van der Waals surface area (Å²) in [6.45, 7) is 0. The number of rotatable bonds is 1. The average Bonchev–Trinajstić information content (AvgIpc) is 2.45. The number of hydrogen-bond acceptors (Lipinski definition) is 3. The quantitative estimate of drug-likeness (QED) is 0.650. The average molecular weight is 177 g/mol. The second-order valence-electron chi connectivity index (χ2n) is 2.58. The highest BCUT2D eigenvalue weighted by Crippen LogP contribution is 2.17. The first-order chi connectivity index (χ1) is 6.20. The predicted molar refractivity (Wildman–Crippen MR) is 45.4 cm³/mol. The lowest BCUT2D eigenvalue weighted by atomic mass is 10.4. The number of primary amides is 1. The van der Waals surface area contributed by atoms with E-state index >= 15 is 0 Å². The minimum Gasteiger partial charge on any atom is -0.492 e. The van der Waals surface area contributed by atoms with Crippen LogP contribution in [0.25, 0.3) is 5.65 Å². The minimum atomic E-state index is -0.735. The van der Waals surface area contributed by atoms with E-state index in [4.69, 9.17) is 5.73 Å². The molecule has 1 amide bonds.